The summed E-state index contributed by atoms with van der Waals surface area (Å²) in [5, 5.41) is 9.44. The number of halogens is 2. The smallest absolute Gasteiger partial charge is 0.360 e. The largest absolute Gasteiger partial charge is 0.505 e. The van der Waals surface area contributed by atoms with Gasteiger partial charge in [0.25, 0.3) is 6.43 Å². The summed E-state index contributed by atoms with van der Waals surface area (Å²) in [7, 11) is 1.16. The lowest BCUT2D eigenvalue weighted by molar-refractivity contribution is 0.0514. The minimum absolute atomic E-state index is 0.0516. The van der Waals surface area contributed by atoms with Gasteiger partial charge < -0.3 is 14.6 Å². The third-order valence-electron chi connectivity index (χ3n) is 1.89. The molecule has 94 valence electrons. The van der Waals surface area contributed by atoms with Crippen LogP contribution in [0.2, 0.25) is 0 Å². The first kappa shape index (κ1) is 13.1. The molecule has 0 radical (unpaired) electrons. The summed E-state index contributed by atoms with van der Waals surface area (Å²) < 4.78 is 34.4. The molecule has 0 unspecified atom stereocenters. The maximum absolute atomic E-state index is 12.6. The first-order valence-electron chi connectivity index (χ1n) is 4.74. The number of alkyl halides is 2. The normalized spacial score (nSPS) is 10.4. The van der Waals surface area contributed by atoms with Crippen LogP contribution in [0, 0.1) is 0 Å². The molecule has 0 saturated carbocycles. The maximum Gasteiger partial charge on any atom is 0.360 e. The summed E-state index contributed by atoms with van der Waals surface area (Å²) >= 11 is 0. The van der Waals surface area contributed by atoms with E-state index in [-0.39, 0.29) is 12.4 Å². The summed E-state index contributed by atoms with van der Waals surface area (Å²) in [4.78, 5) is 14.7. The minimum Gasteiger partial charge on any atom is -0.505 e. The van der Waals surface area contributed by atoms with E-state index in [4.69, 9.17) is 0 Å². The van der Waals surface area contributed by atoms with Gasteiger partial charge in [-0.15, -0.1) is 0 Å². The average Bonchev–Trinajstić information content (AvgIpc) is 2.28. The summed E-state index contributed by atoms with van der Waals surface area (Å²) in [5.41, 5.74) is -1.27. The predicted molar refractivity (Wildman–Crippen MR) is 53.4 cm³/mol. The summed E-state index contributed by atoms with van der Waals surface area (Å²) in [5.74, 6) is -1.81. The number of aromatic hydroxyl groups is 1. The van der Waals surface area contributed by atoms with Crippen LogP contribution in [-0.2, 0) is 4.74 Å². The Morgan fingerprint density at radius 1 is 1.59 bits per heavy atom. The highest BCUT2D eigenvalue weighted by molar-refractivity contribution is 5.90. The third kappa shape index (κ3) is 2.80. The Labute approximate surface area is 96.0 Å². The van der Waals surface area contributed by atoms with Gasteiger partial charge in [0.15, 0.2) is 11.4 Å². The average molecular weight is 247 g/mol. The maximum atomic E-state index is 12.6. The molecule has 1 N–H and O–H groups in total. The Kier molecular flexibility index (Phi) is 4.19. The van der Waals surface area contributed by atoms with Crippen molar-refractivity contribution in [1.29, 1.82) is 0 Å². The number of ether oxygens (including phenoxy) is 2. The van der Waals surface area contributed by atoms with Gasteiger partial charge in [0, 0.05) is 6.07 Å². The number of nitrogens with zero attached hydrogens (tertiary/aromatic N) is 1. The van der Waals surface area contributed by atoms with Crippen molar-refractivity contribution in [2.75, 3.05) is 13.7 Å². The van der Waals surface area contributed by atoms with E-state index in [1.165, 1.54) is 0 Å². The van der Waals surface area contributed by atoms with E-state index in [1.807, 2.05) is 0 Å². The molecule has 0 spiro atoms. The number of aromatic nitrogens is 1. The number of rotatable bonds is 4. The van der Waals surface area contributed by atoms with Crippen LogP contribution in [0.5, 0.6) is 11.5 Å². The lowest BCUT2D eigenvalue weighted by Gasteiger charge is -2.10. The SMILES string of the molecule is CCOC(=O)c1nc(C(F)F)c(OC)cc1O. The number of pyridine rings is 1. The molecule has 0 bridgehead atoms. The van der Waals surface area contributed by atoms with Crippen molar-refractivity contribution in [2.45, 2.75) is 13.3 Å². The van der Waals surface area contributed by atoms with Crippen molar-refractivity contribution in [3.8, 4) is 11.5 Å². The molecule has 1 rings (SSSR count). The molecule has 0 amide bonds. The lowest BCUT2D eigenvalue weighted by atomic mass is 10.2. The zero-order chi connectivity index (χ0) is 13.0. The van der Waals surface area contributed by atoms with E-state index >= 15 is 0 Å². The molecular weight excluding hydrogens is 236 g/mol. The van der Waals surface area contributed by atoms with Crippen molar-refractivity contribution >= 4 is 5.97 Å². The van der Waals surface area contributed by atoms with Crippen LogP contribution < -0.4 is 4.74 Å². The van der Waals surface area contributed by atoms with Crippen molar-refractivity contribution in [3.05, 3.63) is 17.5 Å². The zero-order valence-corrected chi connectivity index (χ0v) is 9.24. The molecule has 0 aliphatic rings. The molecule has 0 aromatic carbocycles. The number of hydrogen-bond donors (Lipinski definition) is 1. The topological polar surface area (TPSA) is 68.7 Å². The van der Waals surface area contributed by atoms with Gasteiger partial charge in [-0.1, -0.05) is 0 Å². The minimum atomic E-state index is -2.92. The van der Waals surface area contributed by atoms with Crippen LogP contribution in [0.3, 0.4) is 0 Å². The molecule has 17 heavy (non-hydrogen) atoms. The van der Waals surface area contributed by atoms with E-state index in [0.717, 1.165) is 13.2 Å². The predicted octanol–water partition coefficient (Wildman–Crippen LogP) is 1.91. The van der Waals surface area contributed by atoms with Crippen molar-refractivity contribution in [1.82, 2.24) is 4.98 Å². The second-order valence-corrected chi connectivity index (χ2v) is 2.96. The highest BCUT2D eigenvalue weighted by Crippen LogP contribution is 2.31. The van der Waals surface area contributed by atoms with E-state index in [9.17, 15) is 18.7 Å². The van der Waals surface area contributed by atoms with Gasteiger partial charge in [0.1, 0.15) is 11.4 Å². The highest BCUT2D eigenvalue weighted by Gasteiger charge is 2.23. The molecule has 0 aliphatic carbocycles. The van der Waals surface area contributed by atoms with Gasteiger partial charge in [-0.3, -0.25) is 0 Å². The van der Waals surface area contributed by atoms with Crippen LogP contribution in [0.1, 0.15) is 29.5 Å². The quantitative estimate of drug-likeness (QED) is 0.823. The zero-order valence-electron chi connectivity index (χ0n) is 9.24. The van der Waals surface area contributed by atoms with Crippen LogP contribution >= 0.6 is 0 Å². The van der Waals surface area contributed by atoms with Crippen molar-refractivity contribution in [3.63, 3.8) is 0 Å². The Morgan fingerprint density at radius 3 is 2.71 bits per heavy atom. The fraction of sp³-hybridized carbons (Fsp3) is 0.400. The Hall–Kier alpha value is -1.92. The Bertz CT molecular complexity index is 423. The van der Waals surface area contributed by atoms with Crippen LogP contribution in [0.25, 0.3) is 0 Å². The van der Waals surface area contributed by atoms with Gasteiger partial charge >= 0.3 is 5.97 Å². The summed E-state index contributed by atoms with van der Waals surface area (Å²) in [6.45, 7) is 1.60. The van der Waals surface area contributed by atoms with Gasteiger partial charge in [0.05, 0.1) is 13.7 Å². The number of esters is 1. The molecule has 0 saturated heterocycles. The molecular formula is C10H11F2NO4. The van der Waals surface area contributed by atoms with Crippen LogP contribution in [0.15, 0.2) is 6.07 Å². The van der Waals surface area contributed by atoms with E-state index in [1.54, 1.807) is 6.92 Å². The number of carbonyl (C=O) groups is 1. The van der Waals surface area contributed by atoms with Gasteiger partial charge in [-0.25, -0.2) is 18.6 Å². The molecule has 0 aliphatic heterocycles. The highest BCUT2D eigenvalue weighted by atomic mass is 19.3. The van der Waals surface area contributed by atoms with E-state index < -0.39 is 29.5 Å². The third-order valence-corrected chi connectivity index (χ3v) is 1.89. The molecule has 0 atom stereocenters. The van der Waals surface area contributed by atoms with Crippen LogP contribution in [-0.4, -0.2) is 29.8 Å². The number of methoxy groups -OCH3 is 1. The van der Waals surface area contributed by atoms with Crippen molar-refractivity contribution in [2.24, 2.45) is 0 Å². The molecule has 7 heteroatoms. The summed E-state index contributed by atoms with van der Waals surface area (Å²) in [6.07, 6.45) is -2.92. The molecule has 1 aromatic heterocycles. The molecule has 1 heterocycles. The van der Waals surface area contributed by atoms with E-state index in [0.29, 0.717) is 0 Å². The number of carbonyl (C=O) groups excluding carboxylic acids is 1. The van der Waals surface area contributed by atoms with Crippen molar-refractivity contribution < 1.29 is 28.2 Å². The van der Waals surface area contributed by atoms with Crippen LogP contribution in [0.4, 0.5) is 8.78 Å². The second-order valence-electron chi connectivity index (χ2n) is 2.96. The fourth-order valence-electron chi connectivity index (χ4n) is 1.17. The van der Waals surface area contributed by atoms with Gasteiger partial charge in [-0.2, -0.15) is 0 Å². The second kappa shape index (κ2) is 5.42. The Balaban J connectivity index is 3.24. The standard InChI is InChI=1S/C10H11F2NO4/c1-3-17-10(15)7-5(14)4-6(16-2)8(13-7)9(11)12/h4,9,14H,3H2,1-2H3. The summed E-state index contributed by atoms with van der Waals surface area (Å²) in [6, 6.07) is 0.904. The molecule has 0 fully saturated rings. The first-order chi connectivity index (χ1) is 8.01. The fourth-order valence-corrected chi connectivity index (χ4v) is 1.17. The monoisotopic (exact) mass is 247 g/mol. The molecule has 5 nitrogen and oxygen atoms in total. The lowest BCUT2D eigenvalue weighted by Crippen LogP contribution is -2.10. The Morgan fingerprint density at radius 2 is 2.24 bits per heavy atom. The van der Waals surface area contributed by atoms with Gasteiger partial charge in [-0.05, 0) is 6.92 Å². The number of hydrogen-bond acceptors (Lipinski definition) is 5. The van der Waals surface area contributed by atoms with E-state index in [2.05, 4.69) is 14.5 Å². The van der Waals surface area contributed by atoms with Gasteiger partial charge in [0.2, 0.25) is 0 Å². The first-order valence-corrected chi connectivity index (χ1v) is 4.74. The molecule has 1 aromatic rings.